The van der Waals surface area contributed by atoms with E-state index in [1.54, 1.807) is 18.0 Å². The summed E-state index contributed by atoms with van der Waals surface area (Å²) in [7, 11) is 3.17. The number of aliphatic hydroxyl groups excluding tert-OH is 2. The molecule has 2 aliphatic rings. The third-order valence-electron chi connectivity index (χ3n) is 7.39. The van der Waals surface area contributed by atoms with E-state index >= 15 is 0 Å². The quantitative estimate of drug-likeness (QED) is 0.420. The van der Waals surface area contributed by atoms with Gasteiger partial charge in [0.1, 0.15) is 35.8 Å². The smallest absolute Gasteiger partial charge is 0.222 e. The van der Waals surface area contributed by atoms with E-state index in [1.165, 1.54) is 18.0 Å². The lowest BCUT2D eigenvalue weighted by Crippen LogP contribution is -2.57. The fourth-order valence-corrected chi connectivity index (χ4v) is 5.20. The molecule has 1 aromatic carbocycles. The molecular weight excluding hydrogens is 523 g/mol. The molecule has 39 heavy (non-hydrogen) atoms. The van der Waals surface area contributed by atoms with Crippen LogP contribution >= 0.6 is 0 Å². The summed E-state index contributed by atoms with van der Waals surface area (Å²) >= 11 is 0. The molecule has 2 aromatic heterocycles. The molecule has 0 unspecified atom stereocenters. The van der Waals surface area contributed by atoms with Gasteiger partial charge in [0.15, 0.2) is 17.5 Å². The number of likely N-dealkylation sites (tertiary alicyclic amines) is 1. The minimum Gasteiger partial charge on any atom is -0.394 e. The molecule has 2 aliphatic heterocycles. The van der Waals surface area contributed by atoms with E-state index in [2.05, 4.69) is 15.5 Å². The number of piperidine rings is 1. The molecule has 210 valence electrons. The third-order valence-corrected chi connectivity index (χ3v) is 7.39. The highest BCUT2D eigenvalue weighted by molar-refractivity contribution is 5.77. The van der Waals surface area contributed by atoms with Gasteiger partial charge in [-0.3, -0.25) is 4.79 Å². The van der Waals surface area contributed by atoms with Crippen LogP contribution in [0.25, 0.3) is 11.3 Å². The van der Waals surface area contributed by atoms with Gasteiger partial charge in [-0.15, -0.1) is 5.10 Å². The summed E-state index contributed by atoms with van der Waals surface area (Å²) in [5, 5.41) is 33.0. The van der Waals surface area contributed by atoms with E-state index in [4.69, 9.17) is 14.0 Å². The maximum Gasteiger partial charge on any atom is 0.222 e. The molecule has 0 spiro atoms. The van der Waals surface area contributed by atoms with Crippen LogP contribution in [0.2, 0.25) is 0 Å². The summed E-state index contributed by atoms with van der Waals surface area (Å²) in [5.74, 6) is -3.92. The molecule has 5 rings (SSSR count). The van der Waals surface area contributed by atoms with Crippen LogP contribution in [0.1, 0.15) is 36.3 Å². The maximum atomic E-state index is 13.8. The molecule has 2 fully saturated rings. The standard InChI is InChI=1S/C25H28F3N5O6/c1-32-4-3-12(7-21(32)35)17-8-14(39-30-17)9-19-25(37-2)23(24(36)20(11-34)38-19)33-10-18(29-31-33)13-5-15(26)22(28)16(27)6-13/h5-6,8,10,12,19-20,23-25,34,36H,3-4,7,9,11H2,1-2H3/t12-,19-,20-,23+,24+,25+/m1/s1. The summed E-state index contributed by atoms with van der Waals surface area (Å²) in [6.07, 6.45) is -1.26. The molecule has 4 heterocycles. The van der Waals surface area contributed by atoms with Crippen LogP contribution in [0, 0.1) is 17.5 Å². The van der Waals surface area contributed by atoms with Crippen LogP contribution in [-0.4, -0.2) is 92.9 Å². The Morgan fingerprint density at radius 3 is 2.59 bits per heavy atom. The highest BCUT2D eigenvalue weighted by Gasteiger charge is 2.47. The molecule has 2 N–H and O–H groups in total. The highest BCUT2D eigenvalue weighted by atomic mass is 19.2. The first-order valence-corrected chi connectivity index (χ1v) is 12.4. The fraction of sp³-hybridized carbons (Fsp3) is 0.520. The van der Waals surface area contributed by atoms with Crippen molar-refractivity contribution in [3.8, 4) is 11.3 Å². The second-order valence-electron chi connectivity index (χ2n) is 9.84. The van der Waals surface area contributed by atoms with Crippen molar-refractivity contribution in [2.24, 2.45) is 0 Å². The SMILES string of the molecule is CO[C@@H]1[C@@H](n2cc(-c3cc(F)c(F)c(F)c3)nn2)[C@@H](O)[C@@H](CO)O[C@@H]1Cc1cc([C@@H]2CCN(C)C(=O)C2)no1. The van der Waals surface area contributed by atoms with E-state index in [0.717, 1.165) is 18.6 Å². The average molecular weight is 552 g/mol. The van der Waals surface area contributed by atoms with Gasteiger partial charge in [0.05, 0.1) is 24.6 Å². The van der Waals surface area contributed by atoms with Crippen LogP contribution in [0.5, 0.6) is 0 Å². The molecule has 0 radical (unpaired) electrons. The number of amides is 1. The van der Waals surface area contributed by atoms with Crippen molar-refractivity contribution in [2.75, 3.05) is 27.3 Å². The van der Waals surface area contributed by atoms with Gasteiger partial charge in [-0.2, -0.15) is 0 Å². The average Bonchev–Trinajstić information content (AvgIpc) is 3.59. The number of methoxy groups -OCH3 is 1. The Balaban J connectivity index is 1.38. The minimum atomic E-state index is -1.60. The van der Waals surface area contributed by atoms with Gasteiger partial charge in [-0.05, 0) is 18.6 Å². The van der Waals surface area contributed by atoms with Gasteiger partial charge >= 0.3 is 0 Å². The number of ether oxygens (including phenoxy) is 2. The molecule has 11 nitrogen and oxygen atoms in total. The Hall–Kier alpha value is -3.33. The Labute approximate surface area is 221 Å². The molecule has 3 aromatic rings. The van der Waals surface area contributed by atoms with Gasteiger partial charge in [0, 0.05) is 51.1 Å². The summed E-state index contributed by atoms with van der Waals surface area (Å²) in [6, 6.07) is 2.43. The molecule has 0 saturated carbocycles. The van der Waals surface area contributed by atoms with E-state index in [1.807, 2.05) is 0 Å². The molecule has 6 atom stereocenters. The lowest BCUT2D eigenvalue weighted by atomic mass is 9.89. The van der Waals surface area contributed by atoms with Gasteiger partial charge in [-0.25, -0.2) is 17.9 Å². The summed E-state index contributed by atoms with van der Waals surface area (Å²) < 4.78 is 59.4. The van der Waals surface area contributed by atoms with Crippen LogP contribution in [0.15, 0.2) is 28.9 Å². The molecule has 14 heteroatoms. The molecule has 1 amide bonds. The van der Waals surface area contributed by atoms with E-state index in [9.17, 15) is 28.2 Å². The summed E-state index contributed by atoms with van der Waals surface area (Å²) in [5.41, 5.74) is 0.641. The zero-order chi connectivity index (χ0) is 27.8. The van der Waals surface area contributed by atoms with Crippen molar-refractivity contribution in [3.63, 3.8) is 0 Å². The van der Waals surface area contributed by atoms with Crippen molar-refractivity contribution in [1.82, 2.24) is 25.1 Å². The maximum absolute atomic E-state index is 13.8. The topological polar surface area (TPSA) is 136 Å². The zero-order valence-electron chi connectivity index (χ0n) is 21.2. The van der Waals surface area contributed by atoms with Crippen molar-refractivity contribution in [1.29, 1.82) is 0 Å². The second kappa shape index (κ2) is 11.0. The minimum absolute atomic E-state index is 0.0333. The van der Waals surface area contributed by atoms with Crippen LogP contribution in [0.4, 0.5) is 13.2 Å². The Morgan fingerprint density at radius 2 is 1.92 bits per heavy atom. The Morgan fingerprint density at radius 1 is 1.18 bits per heavy atom. The van der Waals surface area contributed by atoms with E-state index in [0.29, 0.717) is 24.4 Å². The number of hydrogen-bond donors (Lipinski definition) is 2. The Bertz CT molecular complexity index is 1310. The highest BCUT2D eigenvalue weighted by Crippen LogP contribution is 2.35. The Kier molecular flexibility index (Phi) is 7.71. The number of aromatic nitrogens is 4. The number of carbonyl (C=O) groups excluding carboxylic acids is 1. The zero-order valence-corrected chi connectivity index (χ0v) is 21.2. The normalized spacial score (nSPS) is 27.8. The predicted molar refractivity (Wildman–Crippen MR) is 127 cm³/mol. The van der Waals surface area contributed by atoms with E-state index < -0.39 is 54.5 Å². The van der Waals surface area contributed by atoms with Gasteiger partial charge in [0.25, 0.3) is 0 Å². The van der Waals surface area contributed by atoms with Crippen LogP contribution < -0.4 is 0 Å². The summed E-state index contributed by atoms with van der Waals surface area (Å²) in [6.45, 7) is 0.109. The molecule has 0 aliphatic carbocycles. The number of benzene rings is 1. The number of rotatable bonds is 7. The lowest BCUT2D eigenvalue weighted by molar-refractivity contribution is -0.212. The number of halogens is 3. The van der Waals surface area contributed by atoms with Gasteiger partial charge in [0.2, 0.25) is 5.91 Å². The van der Waals surface area contributed by atoms with Crippen LogP contribution in [-0.2, 0) is 20.7 Å². The molecular formula is C25H28F3N5O6. The van der Waals surface area contributed by atoms with Crippen molar-refractivity contribution in [3.05, 3.63) is 53.3 Å². The number of nitrogens with zero attached hydrogens (tertiary/aromatic N) is 5. The number of hydrogen-bond acceptors (Lipinski definition) is 9. The van der Waals surface area contributed by atoms with Gasteiger partial charge in [-0.1, -0.05) is 10.4 Å². The number of carbonyl (C=O) groups is 1. The van der Waals surface area contributed by atoms with Crippen molar-refractivity contribution >= 4 is 5.91 Å². The second-order valence-corrected chi connectivity index (χ2v) is 9.84. The first-order chi connectivity index (χ1) is 18.7. The number of aliphatic hydroxyl groups is 2. The van der Waals surface area contributed by atoms with Crippen molar-refractivity contribution < 1.29 is 42.2 Å². The van der Waals surface area contributed by atoms with Crippen molar-refractivity contribution in [2.45, 2.75) is 55.6 Å². The van der Waals surface area contributed by atoms with Crippen LogP contribution in [0.3, 0.4) is 0 Å². The monoisotopic (exact) mass is 551 g/mol. The molecule has 2 saturated heterocycles. The third kappa shape index (κ3) is 5.29. The predicted octanol–water partition coefficient (Wildman–Crippen LogP) is 1.61. The fourth-order valence-electron chi connectivity index (χ4n) is 5.20. The first kappa shape index (κ1) is 27.2. The van der Waals surface area contributed by atoms with Gasteiger partial charge < -0.3 is 29.1 Å². The first-order valence-electron chi connectivity index (χ1n) is 12.4. The largest absolute Gasteiger partial charge is 0.394 e. The van der Waals surface area contributed by atoms with E-state index in [-0.39, 0.29) is 29.5 Å². The lowest BCUT2D eigenvalue weighted by Gasteiger charge is -2.43. The summed E-state index contributed by atoms with van der Waals surface area (Å²) in [4.78, 5) is 13.8. The molecule has 0 bridgehead atoms.